The number of aliphatic hydroxyl groups is 2. The number of esters is 2. The van der Waals surface area contributed by atoms with Crippen molar-refractivity contribution in [2.45, 2.75) is 214 Å². The lowest BCUT2D eigenvalue weighted by Gasteiger charge is -2.62. The number of nitrogens with two attached hydrogens (primary N) is 1. The predicted molar refractivity (Wildman–Crippen MR) is 273 cm³/mol. The first-order valence-electron chi connectivity index (χ1n) is 28.5. The van der Waals surface area contributed by atoms with E-state index in [1.165, 1.54) is 78.4 Å². The third-order valence-corrected chi connectivity index (χ3v) is 23.5. The first-order valence-corrected chi connectivity index (χ1v) is 30.1. The van der Waals surface area contributed by atoms with Crippen LogP contribution in [-0.4, -0.2) is 99.3 Å². The van der Waals surface area contributed by atoms with Crippen molar-refractivity contribution in [3.05, 3.63) is 0 Å². The molecular formula is C57H99NO11S. The van der Waals surface area contributed by atoms with Gasteiger partial charge in [-0.15, -0.1) is 0 Å². The molecule has 0 amide bonds. The van der Waals surface area contributed by atoms with E-state index in [1.807, 2.05) is 0 Å². The standard InChI is InChI=1S/C55H92O8.C2H7NO3S/c1-34(12-18-48(58)60-7)40-14-16-42-50-44(22-26-54(40,42)5)52(3)24-20-38(30-36(52)32-46(50)56)62-28-10-9-11-29-63-39-21-25-53(4)37(31-39)33-47(57)51-43-17-15-41(35(2)13-19-49(59)61-8)55(43,6)27-23-45(51)53;3-1-2-7(4,5)6/h34-47,50-51,56-57H,9-33H2,1-8H3;1-3H2,(H,4,5,6)/t34-,35-,36?,37?,38-,39+,40-,41-,42?,43?,44?,45?,46-,47+,50?,51?,52+,53+,54-,55-;/m1./s1. The molecule has 0 aromatic heterocycles. The highest BCUT2D eigenvalue weighted by Crippen LogP contribution is 2.70. The fourth-order valence-electron chi connectivity index (χ4n) is 18.9. The molecule has 0 aromatic rings. The Morgan fingerprint density at radius 3 is 1.33 bits per heavy atom. The van der Waals surface area contributed by atoms with Gasteiger partial charge in [0.2, 0.25) is 0 Å². The van der Waals surface area contributed by atoms with Crippen LogP contribution in [0.15, 0.2) is 0 Å². The molecule has 20 atom stereocenters. The van der Waals surface area contributed by atoms with E-state index in [4.69, 9.17) is 29.2 Å². The van der Waals surface area contributed by atoms with Crippen LogP contribution in [0.2, 0.25) is 0 Å². The highest BCUT2D eigenvalue weighted by atomic mass is 32.2. The van der Waals surface area contributed by atoms with Gasteiger partial charge < -0.3 is 34.9 Å². The summed E-state index contributed by atoms with van der Waals surface area (Å²) in [4.78, 5) is 23.9. The zero-order valence-corrected chi connectivity index (χ0v) is 45.7. The molecule has 0 aromatic carbocycles. The lowest BCUT2D eigenvalue weighted by atomic mass is 9.43. The second-order valence-electron chi connectivity index (χ2n) is 25.9. The van der Waals surface area contributed by atoms with Gasteiger partial charge in [0, 0.05) is 32.6 Å². The first-order chi connectivity index (χ1) is 33.1. The summed E-state index contributed by atoms with van der Waals surface area (Å²) >= 11 is 0. The minimum absolute atomic E-state index is 0.0289. The van der Waals surface area contributed by atoms with Crippen molar-refractivity contribution in [3.63, 3.8) is 0 Å². The van der Waals surface area contributed by atoms with Gasteiger partial charge >= 0.3 is 11.9 Å². The molecule has 70 heavy (non-hydrogen) atoms. The lowest BCUT2D eigenvalue weighted by Crippen LogP contribution is -2.58. The summed E-state index contributed by atoms with van der Waals surface area (Å²) in [6.45, 7) is 16.6. The van der Waals surface area contributed by atoms with Crippen LogP contribution in [0.1, 0.15) is 189 Å². The average Bonchev–Trinajstić information content (AvgIpc) is 3.86. The third-order valence-electron chi connectivity index (χ3n) is 22.7. The van der Waals surface area contributed by atoms with E-state index in [0.29, 0.717) is 107 Å². The smallest absolute Gasteiger partial charge is 0.305 e. The second-order valence-corrected chi connectivity index (χ2v) is 27.5. The summed E-state index contributed by atoms with van der Waals surface area (Å²) < 4.78 is 50.5. The Hall–Kier alpha value is -1.35. The van der Waals surface area contributed by atoms with E-state index in [1.54, 1.807) is 0 Å². The Morgan fingerprint density at radius 2 is 0.971 bits per heavy atom. The van der Waals surface area contributed by atoms with Crippen molar-refractivity contribution >= 4 is 22.1 Å². The summed E-state index contributed by atoms with van der Waals surface area (Å²) in [6, 6.07) is 0. The minimum atomic E-state index is -3.80. The van der Waals surface area contributed by atoms with Crippen molar-refractivity contribution in [2.75, 3.05) is 39.7 Å². The van der Waals surface area contributed by atoms with Gasteiger partial charge in [0.05, 0.1) is 44.4 Å². The summed E-state index contributed by atoms with van der Waals surface area (Å²) in [7, 11) is -0.808. The van der Waals surface area contributed by atoms with Gasteiger partial charge in [0.1, 0.15) is 0 Å². The van der Waals surface area contributed by atoms with Gasteiger partial charge in [-0.25, -0.2) is 0 Å². The molecule has 404 valence electrons. The Labute approximate surface area is 423 Å². The van der Waals surface area contributed by atoms with Crippen molar-refractivity contribution in [1.82, 2.24) is 0 Å². The number of rotatable bonds is 18. The number of carbonyl (C=O) groups excluding carboxylic acids is 2. The maximum absolute atomic E-state index is 11.9. The number of carbonyl (C=O) groups is 2. The molecule has 8 aliphatic rings. The van der Waals surface area contributed by atoms with Crippen molar-refractivity contribution < 1.29 is 51.7 Å². The number of ether oxygens (including phenoxy) is 4. The maximum atomic E-state index is 11.9. The maximum Gasteiger partial charge on any atom is 0.305 e. The number of methoxy groups -OCH3 is 2. The first kappa shape index (κ1) is 56.4. The Kier molecular flexibility index (Phi) is 18.7. The molecule has 0 bridgehead atoms. The molecule has 8 aliphatic carbocycles. The van der Waals surface area contributed by atoms with Gasteiger partial charge in [-0.2, -0.15) is 8.42 Å². The molecule has 8 rings (SSSR count). The fraction of sp³-hybridized carbons (Fsp3) is 0.965. The molecule has 0 radical (unpaired) electrons. The molecular weight excluding hydrogens is 907 g/mol. The molecule has 0 heterocycles. The van der Waals surface area contributed by atoms with E-state index >= 15 is 0 Å². The highest BCUT2D eigenvalue weighted by Gasteiger charge is 2.65. The van der Waals surface area contributed by atoms with Crippen LogP contribution in [0.3, 0.4) is 0 Å². The Balaban J connectivity index is 0.000000959. The molecule has 0 saturated heterocycles. The molecule has 0 aliphatic heterocycles. The molecule has 5 N–H and O–H groups in total. The van der Waals surface area contributed by atoms with Crippen molar-refractivity contribution in [3.8, 4) is 0 Å². The van der Waals surface area contributed by atoms with Crippen LogP contribution in [0, 0.1) is 92.7 Å². The second kappa shape index (κ2) is 23.3. The average molecular weight is 1010 g/mol. The zero-order chi connectivity index (χ0) is 50.8. The number of unbranched alkanes of at least 4 members (excludes halogenated alkanes) is 2. The molecule has 12 nitrogen and oxygen atoms in total. The quantitative estimate of drug-likeness (QED) is 0.0578. The third kappa shape index (κ3) is 11.7. The van der Waals surface area contributed by atoms with Crippen LogP contribution in [-0.2, 0) is 38.7 Å². The number of hydrogen-bond donors (Lipinski definition) is 4. The SMILES string of the molecule is COC(=O)CC[C@@H](C)[C@H]1CCC2C3C(CC[C@@]21C)[C@@]1(C)CC[C@@H](OCCCCCO[C@H]2CC[C@@]4(C)C(C2)C[C@H](O)C2C4CC[C@@]4(C)C2CC[C@@H]4[C@H](C)CCC(=O)OC)CC1C[C@H]3O.NCCS(=O)(=O)O. The normalized spacial score (nSPS) is 43.9. The number of fused-ring (bicyclic) bond motifs is 10. The largest absolute Gasteiger partial charge is 0.469 e. The molecule has 8 unspecified atom stereocenters. The van der Waals surface area contributed by atoms with E-state index in [9.17, 15) is 28.2 Å². The fourth-order valence-corrected chi connectivity index (χ4v) is 19.2. The number of aliphatic hydroxyl groups excluding tert-OH is 2. The van der Waals surface area contributed by atoms with Gasteiger partial charge in [-0.3, -0.25) is 14.1 Å². The summed E-state index contributed by atoms with van der Waals surface area (Å²) in [5.74, 6) is 6.06. The van der Waals surface area contributed by atoms with Crippen molar-refractivity contribution in [1.29, 1.82) is 0 Å². The summed E-state index contributed by atoms with van der Waals surface area (Å²) in [5, 5.41) is 23.8. The summed E-state index contributed by atoms with van der Waals surface area (Å²) in [5.41, 5.74) is 5.91. The molecule has 0 spiro atoms. The van der Waals surface area contributed by atoms with Crippen LogP contribution in [0.25, 0.3) is 0 Å². The Bertz CT molecular complexity index is 1740. The van der Waals surface area contributed by atoms with Gasteiger partial charge in [-0.1, -0.05) is 41.5 Å². The lowest BCUT2D eigenvalue weighted by molar-refractivity contribution is -0.178. The monoisotopic (exact) mass is 1010 g/mol. The summed E-state index contributed by atoms with van der Waals surface area (Å²) in [6.07, 6.45) is 25.2. The van der Waals surface area contributed by atoms with Crippen LogP contribution >= 0.6 is 0 Å². The molecule has 8 saturated carbocycles. The highest BCUT2D eigenvalue weighted by molar-refractivity contribution is 7.85. The van der Waals surface area contributed by atoms with Gasteiger partial charge in [0.25, 0.3) is 10.1 Å². The number of hydrogen-bond acceptors (Lipinski definition) is 11. The zero-order valence-electron chi connectivity index (χ0n) is 44.9. The topological polar surface area (TPSA) is 192 Å². The molecule has 13 heteroatoms. The van der Waals surface area contributed by atoms with Crippen LogP contribution in [0.4, 0.5) is 0 Å². The van der Waals surface area contributed by atoms with Crippen LogP contribution in [0.5, 0.6) is 0 Å². The predicted octanol–water partition coefficient (Wildman–Crippen LogP) is 10.2. The van der Waals surface area contributed by atoms with Crippen LogP contribution < -0.4 is 5.73 Å². The molecule has 8 fully saturated rings. The van der Waals surface area contributed by atoms with Gasteiger partial charge in [-0.05, 0) is 228 Å². The van der Waals surface area contributed by atoms with E-state index in [0.717, 1.165) is 83.8 Å². The van der Waals surface area contributed by atoms with E-state index in [-0.39, 0.29) is 47.3 Å². The van der Waals surface area contributed by atoms with Crippen molar-refractivity contribution in [2.24, 2.45) is 98.4 Å². The van der Waals surface area contributed by atoms with E-state index < -0.39 is 10.1 Å². The minimum Gasteiger partial charge on any atom is -0.469 e. The Morgan fingerprint density at radius 1 is 0.586 bits per heavy atom. The van der Waals surface area contributed by atoms with Gasteiger partial charge in [0.15, 0.2) is 0 Å². The van der Waals surface area contributed by atoms with E-state index in [2.05, 4.69) is 41.5 Å².